The lowest BCUT2D eigenvalue weighted by Gasteiger charge is -2.14. The molecule has 1 fully saturated rings. The summed E-state index contributed by atoms with van der Waals surface area (Å²) in [4.78, 5) is 10.8. The molecular formula is C12H14FNO5S. The number of alkyl halides is 1. The lowest BCUT2D eigenvalue weighted by Crippen LogP contribution is -2.40. The lowest BCUT2D eigenvalue weighted by molar-refractivity contribution is 0.0696. The Morgan fingerprint density at radius 2 is 2.15 bits per heavy atom. The van der Waals surface area contributed by atoms with E-state index in [-0.39, 0.29) is 23.7 Å². The van der Waals surface area contributed by atoms with Crippen LogP contribution in [0.5, 0.6) is 0 Å². The molecule has 110 valence electrons. The highest BCUT2D eigenvalue weighted by molar-refractivity contribution is 7.89. The van der Waals surface area contributed by atoms with E-state index in [0.29, 0.717) is 5.56 Å². The van der Waals surface area contributed by atoms with Gasteiger partial charge < -0.3 is 9.84 Å². The van der Waals surface area contributed by atoms with E-state index in [1.807, 2.05) is 0 Å². The first-order chi connectivity index (χ1) is 9.31. The van der Waals surface area contributed by atoms with Crippen molar-refractivity contribution in [3.63, 3.8) is 0 Å². The van der Waals surface area contributed by atoms with Crippen molar-refractivity contribution in [3.8, 4) is 0 Å². The highest BCUT2D eigenvalue weighted by Gasteiger charge is 2.32. The topological polar surface area (TPSA) is 92.7 Å². The maximum atomic E-state index is 13.4. The zero-order chi connectivity index (χ0) is 14.9. The summed E-state index contributed by atoms with van der Waals surface area (Å²) in [6.07, 6.45) is -1.39. The number of halogens is 1. The number of rotatable bonds is 4. The van der Waals surface area contributed by atoms with Gasteiger partial charge in [-0.1, -0.05) is 0 Å². The molecular weight excluding hydrogens is 289 g/mol. The lowest BCUT2D eigenvalue weighted by atomic mass is 10.1. The first kappa shape index (κ1) is 14.9. The quantitative estimate of drug-likeness (QED) is 0.854. The third-order valence-corrected chi connectivity index (χ3v) is 4.54. The van der Waals surface area contributed by atoms with Crippen LogP contribution in [0, 0.1) is 6.92 Å². The van der Waals surface area contributed by atoms with Gasteiger partial charge in [0.2, 0.25) is 10.0 Å². The summed E-state index contributed by atoms with van der Waals surface area (Å²) < 4.78 is 44.6. The van der Waals surface area contributed by atoms with Crippen molar-refractivity contribution >= 4 is 16.0 Å². The maximum absolute atomic E-state index is 13.4. The van der Waals surface area contributed by atoms with Gasteiger partial charge in [-0.15, -0.1) is 0 Å². The van der Waals surface area contributed by atoms with Gasteiger partial charge in [-0.2, -0.15) is 0 Å². The summed E-state index contributed by atoms with van der Waals surface area (Å²) in [6.45, 7) is 1.34. The third-order valence-electron chi connectivity index (χ3n) is 3.06. The fraction of sp³-hybridized carbons (Fsp3) is 0.417. The smallest absolute Gasteiger partial charge is 0.335 e. The molecule has 0 saturated carbocycles. The van der Waals surface area contributed by atoms with Gasteiger partial charge in [-0.25, -0.2) is 22.3 Å². The number of hydrogen-bond donors (Lipinski definition) is 2. The molecule has 1 saturated heterocycles. The second-order valence-corrected chi connectivity index (χ2v) is 6.28. The molecule has 0 spiro atoms. The van der Waals surface area contributed by atoms with Gasteiger partial charge >= 0.3 is 5.97 Å². The highest BCUT2D eigenvalue weighted by Crippen LogP contribution is 2.18. The number of ether oxygens (including phenoxy) is 1. The molecule has 1 aromatic rings. The maximum Gasteiger partial charge on any atom is 0.335 e. The van der Waals surface area contributed by atoms with Crippen LogP contribution in [0.2, 0.25) is 0 Å². The fourth-order valence-corrected chi connectivity index (χ4v) is 3.28. The molecule has 2 rings (SSSR count). The number of nitrogens with one attached hydrogen (secondary N) is 1. The Bertz CT molecular complexity index is 631. The molecule has 0 aromatic heterocycles. The molecule has 0 radical (unpaired) electrons. The second-order valence-electron chi connectivity index (χ2n) is 4.56. The second kappa shape index (κ2) is 5.47. The Hall–Kier alpha value is -1.51. The van der Waals surface area contributed by atoms with Gasteiger partial charge in [0, 0.05) is 0 Å². The van der Waals surface area contributed by atoms with Crippen LogP contribution in [0.4, 0.5) is 4.39 Å². The first-order valence-electron chi connectivity index (χ1n) is 5.89. The average Bonchev–Trinajstić information content (AvgIpc) is 2.73. The van der Waals surface area contributed by atoms with Crippen LogP contribution in [-0.4, -0.2) is 44.9 Å². The summed E-state index contributed by atoms with van der Waals surface area (Å²) in [5.74, 6) is -1.13. The SMILES string of the molecule is Cc1cc(S(=O)(=O)N[C@@H]2COC[C@@H]2F)ccc1C(=O)O. The summed E-state index contributed by atoms with van der Waals surface area (Å²) in [7, 11) is -3.90. The third kappa shape index (κ3) is 2.97. The Morgan fingerprint density at radius 3 is 2.65 bits per heavy atom. The molecule has 0 unspecified atom stereocenters. The Kier molecular flexibility index (Phi) is 4.07. The van der Waals surface area contributed by atoms with Crippen LogP contribution in [0.3, 0.4) is 0 Å². The van der Waals surface area contributed by atoms with Crippen molar-refractivity contribution in [1.82, 2.24) is 4.72 Å². The Morgan fingerprint density at radius 1 is 1.45 bits per heavy atom. The predicted octanol–water partition coefficient (Wildman–Crippen LogP) is 0.708. The van der Waals surface area contributed by atoms with Crippen molar-refractivity contribution in [2.75, 3.05) is 13.2 Å². The van der Waals surface area contributed by atoms with E-state index >= 15 is 0 Å². The molecule has 6 nitrogen and oxygen atoms in total. The fourth-order valence-electron chi connectivity index (χ4n) is 1.95. The number of hydrogen-bond acceptors (Lipinski definition) is 4. The van der Waals surface area contributed by atoms with Crippen molar-refractivity contribution in [3.05, 3.63) is 29.3 Å². The van der Waals surface area contributed by atoms with Crippen LogP contribution < -0.4 is 4.72 Å². The van der Waals surface area contributed by atoms with E-state index in [0.717, 1.165) is 0 Å². The van der Waals surface area contributed by atoms with Crippen LogP contribution in [-0.2, 0) is 14.8 Å². The van der Waals surface area contributed by atoms with Gasteiger partial charge in [0.1, 0.15) is 6.17 Å². The molecule has 0 bridgehead atoms. The molecule has 1 aliphatic heterocycles. The number of aryl methyl sites for hydroxylation is 1. The monoisotopic (exact) mass is 303 g/mol. The van der Waals surface area contributed by atoms with Gasteiger partial charge in [0.15, 0.2) is 0 Å². The largest absolute Gasteiger partial charge is 0.478 e. The number of sulfonamides is 1. The number of benzene rings is 1. The van der Waals surface area contributed by atoms with Gasteiger partial charge in [-0.05, 0) is 30.7 Å². The average molecular weight is 303 g/mol. The van der Waals surface area contributed by atoms with E-state index in [2.05, 4.69) is 4.72 Å². The summed E-state index contributed by atoms with van der Waals surface area (Å²) >= 11 is 0. The van der Waals surface area contributed by atoms with Crippen LogP contribution in [0.25, 0.3) is 0 Å². The number of carboxylic acid groups (broad SMARTS) is 1. The minimum Gasteiger partial charge on any atom is -0.478 e. The minimum absolute atomic E-state index is 0.0212. The number of carbonyl (C=O) groups is 1. The summed E-state index contributed by atoms with van der Waals surface area (Å²) in [5, 5.41) is 8.89. The van der Waals surface area contributed by atoms with E-state index in [1.54, 1.807) is 0 Å². The molecule has 2 atom stereocenters. The van der Waals surface area contributed by atoms with E-state index in [1.165, 1.54) is 25.1 Å². The van der Waals surface area contributed by atoms with Crippen molar-refractivity contribution < 1.29 is 27.4 Å². The van der Waals surface area contributed by atoms with Gasteiger partial charge in [-0.3, -0.25) is 0 Å². The van der Waals surface area contributed by atoms with E-state index in [4.69, 9.17) is 9.84 Å². The molecule has 8 heteroatoms. The molecule has 20 heavy (non-hydrogen) atoms. The zero-order valence-corrected chi connectivity index (χ0v) is 11.5. The highest BCUT2D eigenvalue weighted by atomic mass is 32.2. The van der Waals surface area contributed by atoms with Gasteiger partial charge in [0.05, 0.1) is 29.7 Å². The number of aromatic carboxylic acids is 1. The van der Waals surface area contributed by atoms with Crippen LogP contribution >= 0.6 is 0 Å². The first-order valence-corrected chi connectivity index (χ1v) is 7.37. The van der Waals surface area contributed by atoms with Crippen molar-refractivity contribution in [1.29, 1.82) is 0 Å². The van der Waals surface area contributed by atoms with E-state index in [9.17, 15) is 17.6 Å². The summed E-state index contributed by atoms with van der Waals surface area (Å²) in [5.41, 5.74) is 0.344. The molecule has 1 aromatic carbocycles. The molecule has 1 heterocycles. The molecule has 0 aliphatic carbocycles. The Labute approximate surface area is 115 Å². The van der Waals surface area contributed by atoms with Gasteiger partial charge in [0.25, 0.3) is 0 Å². The Balaban J connectivity index is 2.25. The van der Waals surface area contributed by atoms with E-state index < -0.39 is 28.2 Å². The predicted molar refractivity (Wildman–Crippen MR) is 68.0 cm³/mol. The normalized spacial score (nSPS) is 22.9. The summed E-state index contributed by atoms with van der Waals surface area (Å²) in [6, 6.07) is 2.72. The van der Waals surface area contributed by atoms with Crippen molar-refractivity contribution in [2.24, 2.45) is 0 Å². The zero-order valence-electron chi connectivity index (χ0n) is 10.7. The standard InChI is InChI=1S/C12H14FNO5S/c1-7-4-8(2-3-9(7)12(15)16)20(17,18)14-11-6-19-5-10(11)13/h2-4,10-11,14H,5-6H2,1H3,(H,15,16)/t10-,11+/m0/s1. The minimum atomic E-state index is -3.90. The van der Waals surface area contributed by atoms with Crippen LogP contribution in [0.15, 0.2) is 23.1 Å². The van der Waals surface area contributed by atoms with Crippen molar-refractivity contribution in [2.45, 2.75) is 24.0 Å². The van der Waals surface area contributed by atoms with Crippen LogP contribution in [0.1, 0.15) is 15.9 Å². The molecule has 1 aliphatic rings. The molecule has 0 amide bonds. The molecule has 2 N–H and O–H groups in total. The number of carboxylic acids is 1.